The zero-order valence-electron chi connectivity index (χ0n) is 17.1. The number of nitrogens with zero attached hydrogens (tertiary/aromatic N) is 2. The summed E-state index contributed by atoms with van der Waals surface area (Å²) in [5.74, 6) is 1.37. The van der Waals surface area contributed by atoms with E-state index in [0.29, 0.717) is 12.0 Å². The smallest absolute Gasteiger partial charge is 0.0705 e. The van der Waals surface area contributed by atoms with Gasteiger partial charge in [0.2, 0.25) is 0 Å². The van der Waals surface area contributed by atoms with Gasteiger partial charge >= 0.3 is 0 Å². The third-order valence-electron chi connectivity index (χ3n) is 6.61. The van der Waals surface area contributed by atoms with E-state index in [2.05, 4.69) is 79.1 Å². The molecule has 2 nitrogen and oxygen atoms in total. The fourth-order valence-corrected chi connectivity index (χ4v) is 5.22. The molecule has 1 saturated carbocycles. The first-order valence-electron chi connectivity index (χ1n) is 10.8. The molecular weight excluding hydrogens is 340 g/mol. The van der Waals surface area contributed by atoms with Gasteiger partial charge in [-0.05, 0) is 56.7 Å². The molecule has 1 saturated heterocycles. The number of fused-ring (bicyclic) bond motifs is 2. The summed E-state index contributed by atoms with van der Waals surface area (Å²) in [4.78, 5) is 7.64. The van der Waals surface area contributed by atoms with Gasteiger partial charge in [0.25, 0.3) is 0 Å². The number of likely N-dealkylation sites (tertiary alicyclic amines) is 1. The van der Waals surface area contributed by atoms with Gasteiger partial charge in [-0.3, -0.25) is 9.88 Å². The van der Waals surface area contributed by atoms with Crippen LogP contribution in [0.2, 0.25) is 0 Å². The molecule has 2 aliphatic rings. The predicted octanol–water partition coefficient (Wildman–Crippen LogP) is 6.30. The fourth-order valence-electron chi connectivity index (χ4n) is 5.22. The lowest BCUT2D eigenvalue weighted by Gasteiger charge is -2.48. The zero-order chi connectivity index (χ0) is 19.3. The summed E-state index contributed by atoms with van der Waals surface area (Å²) in [7, 11) is 0. The minimum Gasteiger partial charge on any atom is -0.294 e. The number of hydrogen-bond donors (Lipinski definition) is 0. The Labute approximate surface area is 169 Å². The second kappa shape index (κ2) is 8.87. The lowest BCUT2D eigenvalue weighted by atomic mass is 9.69. The summed E-state index contributed by atoms with van der Waals surface area (Å²) in [6.45, 7) is 8.61. The van der Waals surface area contributed by atoms with Gasteiger partial charge in [0.1, 0.15) is 0 Å². The standard InChI is InChI=1S/C26H32N2/c1-3-4-5-10-20(2)23-17-18-28(26-14-9-7-12-24(23)26)19-22-16-15-21-11-6-8-13-25(21)27-22/h3-6,8,10-11,13,15-16,23-24,26H,2,7,9,12,14,17-19H2,1H3/b4-3-,10-5-/t23-,24-,26-/m1/s1. The summed E-state index contributed by atoms with van der Waals surface area (Å²) in [5, 5.41) is 1.23. The van der Waals surface area contributed by atoms with Crippen molar-refractivity contribution in [3.8, 4) is 0 Å². The summed E-state index contributed by atoms with van der Waals surface area (Å²) in [6.07, 6.45) is 15.2. The van der Waals surface area contributed by atoms with E-state index in [1.807, 2.05) is 0 Å². The van der Waals surface area contributed by atoms with Crippen molar-refractivity contribution >= 4 is 10.9 Å². The van der Waals surface area contributed by atoms with Crippen LogP contribution in [0.1, 0.15) is 44.7 Å². The maximum Gasteiger partial charge on any atom is 0.0705 e. The van der Waals surface area contributed by atoms with E-state index >= 15 is 0 Å². The molecule has 1 aliphatic carbocycles. The summed E-state index contributed by atoms with van der Waals surface area (Å²) in [6, 6.07) is 13.5. The van der Waals surface area contributed by atoms with Gasteiger partial charge in [0.15, 0.2) is 0 Å². The van der Waals surface area contributed by atoms with Crippen LogP contribution >= 0.6 is 0 Å². The maximum atomic E-state index is 4.93. The van der Waals surface area contributed by atoms with Crippen molar-refractivity contribution in [3.63, 3.8) is 0 Å². The van der Waals surface area contributed by atoms with Crippen molar-refractivity contribution in [2.75, 3.05) is 6.54 Å². The Kier molecular flexibility index (Phi) is 6.07. The van der Waals surface area contributed by atoms with Crippen LogP contribution in [0.4, 0.5) is 0 Å². The molecule has 28 heavy (non-hydrogen) atoms. The number of pyridine rings is 1. The quantitative estimate of drug-likeness (QED) is 0.572. The first-order chi connectivity index (χ1) is 13.8. The number of aromatic nitrogens is 1. The van der Waals surface area contributed by atoms with Crippen molar-refractivity contribution in [1.82, 2.24) is 9.88 Å². The first-order valence-corrected chi connectivity index (χ1v) is 10.8. The molecule has 0 unspecified atom stereocenters. The Balaban J connectivity index is 1.50. The van der Waals surface area contributed by atoms with E-state index in [1.54, 1.807) is 0 Å². The summed E-state index contributed by atoms with van der Waals surface area (Å²) in [5.41, 5.74) is 3.63. The monoisotopic (exact) mass is 372 g/mol. The lowest BCUT2D eigenvalue weighted by molar-refractivity contribution is 0.0264. The topological polar surface area (TPSA) is 16.1 Å². The van der Waals surface area contributed by atoms with Gasteiger partial charge in [-0.1, -0.05) is 73.6 Å². The highest BCUT2D eigenvalue weighted by Crippen LogP contribution is 2.42. The molecular formula is C26H32N2. The van der Waals surface area contributed by atoms with Crippen LogP contribution in [0.15, 0.2) is 72.9 Å². The molecule has 1 aliphatic heterocycles. The molecule has 1 aromatic heterocycles. The number of allylic oxidation sites excluding steroid dienone is 5. The van der Waals surface area contributed by atoms with Crippen LogP contribution in [0.5, 0.6) is 0 Å². The second-order valence-corrected chi connectivity index (χ2v) is 8.34. The normalized spacial score (nSPS) is 26.1. The number of hydrogen-bond acceptors (Lipinski definition) is 2. The van der Waals surface area contributed by atoms with E-state index in [-0.39, 0.29) is 0 Å². The lowest BCUT2D eigenvalue weighted by Crippen LogP contribution is -2.50. The molecule has 2 aromatic rings. The highest BCUT2D eigenvalue weighted by molar-refractivity contribution is 5.78. The van der Waals surface area contributed by atoms with Gasteiger partial charge in [-0.25, -0.2) is 0 Å². The Hall–Kier alpha value is -2.19. The molecule has 4 rings (SSSR count). The molecule has 3 atom stereocenters. The van der Waals surface area contributed by atoms with Crippen LogP contribution in [0.25, 0.3) is 10.9 Å². The fraction of sp³-hybridized carbons (Fsp3) is 0.423. The largest absolute Gasteiger partial charge is 0.294 e. The minimum absolute atomic E-state index is 0.632. The van der Waals surface area contributed by atoms with Crippen LogP contribution in [-0.4, -0.2) is 22.5 Å². The van der Waals surface area contributed by atoms with Gasteiger partial charge in [0.05, 0.1) is 11.2 Å². The number of para-hydroxylation sites is 1. The Morgan fingerprint density at radius 2 is 1.96 bits per heavy atom. The predicted molar refractivity (Wildman–Crippen MR) is 119 cm³/mol. The Morgan fingerprint density at radius 1 is 1.11 bits per heavy atom. The molecule has 0 spiro atoms. The van der Waals surface area contributed by atoms with Crippen molar-refractivity contribution in [2.24, 2.45) is 11.8 Å². The van der Waals surface area contributed by atoms with Gasteiger partial charge < -0.3 is 0 Å². The first kappa shape index (κ1) is 19.1. The molecule has 2 heterocycles. The van der Waals surface area contributed by atoms with E-state index in [9.17, 15) is 0 Å². The van der Waals surface area contributed by atoms with Crippen molar-refractivity contribution in [1.29, 1.82) is 0 Å². The van der Waals surface area contributed by atoms with Crippen molar-refractivity contribution in [2.45, 2.75) is 51.6 Å². The zero-order valence-corrected chi connectivity index (χ0v) is 17.1. The van der Waals surface area contributed by atoms with Crippen LogP contribution in [0, 0.1) is 11.8 Å². The van der Waals surface area contributed by atoms with Crippen LogP contribution in [-0.2, 0) is 6.54 Å². The van der Waals surface area contributed by atoms with E-state index in [4.69, 9.17) is 4.98 Å². The van der Waals surface area contributed by atoms with Crippen molar-refractivity contribution < 1.29 is 0 Å². The highest BCUT2D eigenvalue weighted by atomic mass is 15.2. The van der Waals surface area contributed by atoms with Crippen molar-refractivity contribution in [3.05, 3.63) is 78.5 Å². The molecule has 0 radical (unpaired) electrons. The molecule has 1 aromatic carbocycles. The molecule has 0 N–H and O–H groups in total. The average molecular weight is 373 g/mol. The molecule has 2 fully saturated rings. The SMILES string of the molecule is C=C(/C=C\C=C/C)[C@H]1CCN(Cc2ccc3ccccc3n2)[C@@H]2CCCC[C@H]12. The van der Waals surface area contributed by atoms with Gasteiger partial charge in [-0.2, -0.15) is 0 Å². The minimum atomic E-state index is 0.632. The summed E-state index contributed by atoms with van der Waals surface area (Å²) >= 11 is 0. The third kappa shape index (κ3) is 4.12. The number of benzene rings is 1. The second-order valence-electron chi connectivity index (χ2n) is 8.34. The maximum absolute atomic E-state index is 4.93. The van der Waals surface area contributed by atoms with E-state index < -0.39 is 0 Å². The van der Waals surface area contributed by atoms with E-state index in [0.717, 1.165) is 24.5 Å². The van der Waals surface area contributed by atoms with E-state index in [1.165, 1.54) is 48.8 Å². The average Bonchev–Trinajstić information content (AvgIpc) is 2.74. The number of rotatable bonds is 5. The Morgan fingerprint density at radius 3 is 2.86 bits per heavy atom. The molecule has 146 valence electrons. The summed E-state index contributed by atoms with van der Waals surface area (Å²) < 4.78 is 0. The van der Waals surface area contributed by atoms with Crippen LogP contribution < -0.4 is 0 Å². The highest BCUT2D eigenvalue weighted by Gasteiger charge is 2.39. The third-order valence-corrected chi connectivity index (χ3v) is 6.61. The number of piperidine rings is 1. The van der Waals surface area contributed by atoms with Gasteiger partial charge in [0, 0.05) is 18.0 Å². The molecule has 2 heteroatoms. The van der Waals surface area contributed by atoms with Crippen LogP contribution in [0.3, 0.4) is 0 Å². The molecule has 0 bridgehead atoms. The Bertz CT molecular complexity index is 879. The van der Waals surface area contributed by atoms with Gasteiger partial charge in [-0.15, -0.1) is 0 Å². The molecule has 0 amide bonds.